The molecule has 1 N–H and O–H groups in total. The Labute approximate surface area is 238 Å². The largest absolute Gasteiger partial charge is 0.497 e. The van der Waals surface area contributed by atoms with E-state index in [1.807, 2.05) is 0 Å². The van der Waals surface area contributed by atoms with Crippen LogP contribution in [0.3, 0.4) is 0 Å². The van der Waals surface area contributed by atoms with Gasteiger partial charge in [-0.05, 0) is 43.3 Å². The minimum Gasteiger partial charge on any atom is -0.497 e. The van der Waals surface area contributed by atoms with Crippen molar-refractivity contribution in [1.82, 2.24) is 9.36 Å². The Morgan fingerprint density at radius 2 is 1.58 bits per heavy atom. The van der Waals surface area contributed by atoms with Gasteiger partial charge in [0.2, 0.25) is 0 Å². The maximum absolute atomic E-state index is 15.3. The molecule has 0 aliphatic rings. The number of rotatable bonds is 9. The summed E-state index contributed by atoms with van der Waals surface area (Å²) in [6.07, 6.45) is -4.86. The lowest BCUT2D eigenvalue weighted by Gasteiger charge is -2.15. The van der Waals surface area contributed by atoms with Crippen molar-refractivity contribution in [3.05, 3.63) is 87.7 Å². The van der Waals surface area contributed by atoms with Gasteiger partial charge < -0.3 is 19.5 Å². The van der Waals surface area contributed by atoms with Gasteiger partial charge in [0, 0.05) is 30.8 Å². The van der Waals surface area contributed by atoms with Crippen LogP contribution < -0.4 is 25.1 Å². The molecule has 8 nitrogen and oxygen atoms in total. The van der Waals surface area contributed by atoms with Gasteiger partial charge >= 0.3 is 12.8 Å². The van der Waals surface area contributed by atoms with Crippen molar-refractivity contribution in [2.45, 2.75) is 19.7 Å². The summed E-state index contributed by atoms with van der Waals surface area (Å²) in [5.41, 5.74) is -4.93. The zero-order valence-corrected chi connectivity index (χ0v) is 22.6. The Bertz CT molecular complexity index is 1690. The first-order valence-corrected chi connectivity index (χ1v) is 12.3. The summed E-state index contributed by atoms with van der Waals surface area (Å²) in [5, 5.41) is 2.25. The summed E-state index contributed by atoms with van der Waals surface area (Å²) in [5.74, 6) is -4.17. The molecule has 0 saturated carbocycles. The summed E-state index contributed by atoms with van der Waals surface area (Å²) < 4.78 is 113. The van der Waals surface area contributed by atoms with E-state index in [-0.39, 0.29) is 29.4 Å². The van der Waals surface area contributed by atoms with E-state index >= 15 is 8.78 Å². The SMILES string of the molecule is CCOc1cc(-n2c(=O)c(NC(=O)c3ccc(OC(F)F)cc3)c(-c3c(F)cc(OC)cc3F)n2C)cc(C(F)(F)F)c1. The topological polar surface area (TPSA) is 83.7 Å². The van der Waals surface area contributed by atoms with Crippen molar-refractivity contribution < 1.29 is 49.7 Å². The Balaban J connectivity index is 1.94. The predicted molar refractivity (Wildman–Crippen MR) is 140 cm³/mol. The first-order chi connectivity index (χ1) is 20.2. The number of carbonyl (C=O) groups is 1. The van der Waals surface area contributed by atoms with Gasteiger partial charge in [0.1, 0.15) is 40.3 Å². The molecule has 0 aliphatic heterocycles. The van der Waals surface area contributed by atoms with Crippen molar-refractivity contribution in [3.8, 4) is 34.2 Å². The third-order valence-corrected chi connectivity index (χ3v) is 6.11. The second-order valence-corrected chi connectivity index (χ2v) is 8.83. The number of alkyl halides is 5. The van der Waals surface area contributed by atoms with E-state index in [1.54, 1.807) is 0 Å². The van der Waals surface area contributed by atoms with Gasteiger partial charge in [-0.15, -0.1) is 0 Å². The van der Waals surface area contributed by atoms with E-state index in [0.29, 0.717) is 10.7 Å². The lowest BCUT2D eigenvalue weighted by atomic mass is 10.1. The molecule has 228 valence electrons. The summed E-state index contributed by atoms with van der Waals surface area (Å²) in [6.45, 7) is -1.61. The summed E-state index contributed by atoms with van der Waals surface area (Å²) >= 11 is 0. The second-order valence-electron chi connectivity index (χ2n) is 8.83. The van der Waals surface area contributed by atoms with E-state index in [2.05, 4.69) is 10.1 Å². The number of hydrogen-bond acceptors (Lipinski definition) is 5. The number of carbonyl (C=O) groups excluding carboxylic acids is 1. The van der Waals surface area contributed by atoms with Crippen molar-refractivity contribution >= 4 is 11.6 Å². The van der Waals surface area contributed by atoms with E-state index in [4.69, 9.17) is 9.47 Å². The maximum Gasteiger partial charge on any atom is 0.416 e. The molecule has 4 rings (SSSR count). The smallest absolute Gasteiger partial charge is 0.416 e. The average Bonchev–Trinajstić information content (AvgIpc) is 3.16. The molecule has 0 unspecified atom stereocenters. The lowest BCUT2D eigenvalue weighted by Crippen LogP contribution is -2.23. The maximum atomic E-state index is 15.3. The molecule has 0 saturated heterocycles. The van der Waals surface area contributed by atoms with Crippen LogP contribution in [-0.4, -0.2) is 35.6 Å². The van der Waals surface area contributed by atoms with Crippen LogP contribution in [0.15, 0.2) is 59.4 Å². The minimum absolute atomic E-state index is 0.0151. The molecule has 1 heterocycles. The molecule has 1 amide bonds. The number of hydrogen-bond donors (Lipinski definition) is 1. The minimum atomic E-state index is -4.86. The number of methoxy groups -OCH3 is 1. The molecule has 4 aromatic rings. The van der Waals surface area contributed by atoms with Gasteiger partial charge in [-0.25, -0.2) is 13.5 Å². The first kappa shape index (κ1) is 31.0. The van der Waals surface area contributed by atoms with Crippen LogP contribution in [0.2, 0.25) is 0 Å². The van der Waals surface area contributed by atoms with Crippen LogP contribution in [0.25, 0.3) is 16.9 Å². The monoisotopic (exact) mass is 613 g/mol. The Kier molecular flexibility index (Phi) is 8.73. The third kappa shape index (κ3) is 6.44. The number of aromatic nitrogens is 2. The predicted octanol–water partition coefficient (Wildman–Crippen LogP) is 6.40. The molecule has 3 aromatic carbocycles. The summed E-state index contributed by atoms with van der Waals surface area (Å²) in [7, 11) is 2.31. The summed E-state index contributed by atoms with van der Waals surface area (Å²) in [6, 6.07) is 8.34. The molecule has 43 heavy (non-hydrogen) atoms. The van der Waals surface area contributed by atoms with E-state index in [9.17, 15) is 31.5 Å². The molecule has 0 fully saturated rings. The Morgan fingerprint density at radius 1 is 0.953 bits per heavy atom. The quantitative estimate of drug-likeness (QED) is 0.221. The van der Waals surface area contributed by atoms with Gasteiger partial charge in [0.15, 0.2) is 0 Å². The Hall–Kier alpha value is -4.95. The molecule has 1 aromatic heterocycles. The van der Waals surface area contributed by atoms with Gasteiger partial charge in [-0.1, -0.05) is 0 Å². The zero-order chi connectivity index (χ0) is 31.6. The molecule has 0 bridgehead atoms. The molecular formula is C28H22F7N3O5. The number of benzene rings is 3. The van der Waals surface area contributed by atoms with Crippen molar-refractivity contribution in [2.24, 2.45) is 7.05 Å². The van der Waals surface area contributed by atoms with Gasteiger partial charge in [0.05, 0.1) is 30.5 Å². The molecular weight excluding hydrogens is 591 g/mol. The van der Waals surface area contributed by atoms with Crippen LogP contribution in [0.1, 0.15) is 22.8 Å². The second kappa shape index (κ2) is 12.1. The number of nitrogens with one attached hydrogen (secondary N) is 1. The van der Waals surface area contributed by atoms with Crippen molar-refractivity contribution in [2.75, 3.05) is 19.0 Å². The van der Waals surface area contributed by atoms with E-state index in [0.717, 1.165) is 67.4 Å². The highest BCUT2D eigenvalue weighted by atomic mass is 19.4. The highest BCUT2D eigenvalue weighted by molar-refractivity contribution is 6.06. The highest BCUT2D eigenvalue weighted by Gasteiger charge is 2.33. The lowest BCUT2D eigenvalue weighted by molar-refractivity contribution is -0.137. The van der Waals surface area contributed by atoms with E-state index in [1.165, 1.54) is 6.92 Å². The van der Waals surface area contributed by atoms with Crippen LogP contribution in [0, 0.1) is 11.6 Å². The fourth-order valence-corrected chi connectivity index (χ4v) is 4.28. The first-order valence-electron chi connectivity index (χ1n) is 12.3. The van der Waals surface area contributed by atoms with Crippen LogP contribution in [0.5, 0.6) is 17.2 Å². The molecule has 0 aliphatic carbocycles. The molecule has 0 atom stereocenters. The molecule has 0 radical (unpaired) electrons. The Morgan fingerprint density at radius 3 is 2.12 bits per heavy atom. The molecule has 0 spiro atoms. The van der Waals surface area contributed by atoms with Crippen LogP contribution in [-0.2, 0) is 13.2 Å². The molecule has 15 heteroatoms. The van der Waals surface area contributed by atoms with E-state index < -0.39 is 64.1 Å². The normalized spacial score (nSPS) is 11.5. The van der Waals surface area contributed by atoms with Crippen molar-refractivity contribution in [1.29, 1.82) is 0 Å². The average molecular weight is 613 g/mol. The fraction of sp³-hybridized carbons (Fsp3) is 0.214. The number of nitrogens with zero attached hydrogens (tertiary/aromatic N) is 2. The fourth-order valence-electron chi connectivity index (χ4n) is 4.28. The number of halogens is 7. The number of amides is 1. The zero-order valence-electron chi connectivity index (χ0n) is 22.6. The summed E-state index contributed by atoms with van der Waals surface area (Å²) in [4.78, 5) is 26.8. The van der Waals surface area contributed by atoms with Crippen LogP contribution >= 0.6 is 0 Å². The van der Waals surface area contributed by atoms with Crippen molar-refractivity contribution in [3.63, 3.8) is 0 Å². The van der Waals surface area contributed by atoms with Gasteiger partial charge in [-0.3, -0.25) is 14.3 Å². The van der Waals surface area contributed by atoms with Gasteiger partial charge in [0.25, 0.3) is 11.5 Å². The van der Waals surface area contributed by atoms with Crippen LogP contribution in [0.4, 0.5) is 36.4 Å². The third-order valence-electron chi connectivity index (χ3n) is 6.11. The van der Waals surface area contributed by atoms with Gasteiger partial charge in [-0.2, -0.15) is 22.0 Å². The highest BCUT2D eigenvalue weighted by Crippen LogP contribution is 2.37. The number of anilines is 1. The standard InChI is InChI=1S/C28H22F7N3O5/c1-4-42-19-10-15(28(33,34)35)9-16(11-19)38-26(40)23(36-25(39)14-5-7-17(8-6-14)43-27(31)32)24(37(38)2)22-20(29)12-18(41-3)13-21(22)30/h5-13,27H,4H2,1-3H3,(H,36,39). The number of ether oxygens (including phenoxy) is 3.